The maximum absolute atomic E-state index is 13.6. The van der Waals surface area contributed by atoms with Crippen LogP contribution in [0.5, 0.6) is 11.5 Å². The van der Waals surface area contributed by atoms with Crippen LogP contribution in [0.25, 0.3) is 0 Å². The van der Waals surface area contributed by atoms with Gasteiger partial charge in [0.1, 0.15) is 11.4 Å². The molecule has 324 valence electrons. The van der Waals surface area contributed by atoms with Gasteiger partial charge in [-0.15, -0.1) is 0 Å². The normalized spacial score (nSPS) is 22.4. The van der Waals surface area contributed by atoms with E-state index in [0.717, 1.165) is 95.8 Å². The van der Waals surface area contributed by atoms with Crippen molar-refractivity contribution in [3.63, 3.8) is 0 Å². The highest BCUT2D eigenvalue weighted by Gasteiger charge is 2.42. The van der Waals surface area contributed by atoms with Crippen LogP contribution in [0.4, 0.5) is 5.69 Å². The van der Waals surface area contributed by atoms with E-state index >= 15 is 0 Å². The number of fused-ring (bicyclic) bond motifs is 1. The molecule has 13 heteroatoms. The molecule has 59 heavy (non-hydrogen) atoms. The number of phenolic OH excluding ortho intramolecular Hbond substituents is 1. The minimum atomic E-state index is -0.278. The summed E-state index contributed by atoms with van der Waals surface area (Å²) >= 11 is 0. The van der Waals surface area contributed by atoms with Gasteiger partial charge in [-0.2, -0.15) is 0 Å². The Balaban J connectivity index is 0.805. The van der Waals surface area contributed by atoms with E-state index in [1.165, 1.54) is 17.5 Å². The van der Waals surface area contributed by atoms with Gasteiger partial charge in [0.15, 0.2) is 12.4 Å². The standard InChI is InChI=1S/C46H67N5O8/c1-56-39-12-6-9-37(30-39)45(55)50-25-28-59-46(33-50)18-22-49(23-19-46)31-35-8-5-7-34(29-35)16-26-57-27-17-42(54)51(38-10-3-2-4-11-38)24-21-47-20-15-36-13-14-40(52)43-44(36)58-32-41(53)48-43/h5,7-8,13-14,29,37-39,47,52H,2-4,6,9-12,15-28,30-33H2,1H3,(H,48,53). The number of rotatable bonds is 17. The van der Waals surface area contributed by atoms with Gasteiger partial charge in [-0.1, -0.05) is 56.0 Å². The highest BCUT2D eigenvalue weighted by molar-refractivity contribution is 5.97. The molecule has 1 spiro atoms. The van der Waals surface area contributed by atoms with Crippen molar-refractivity contribution in [2.75, 3.05) is 84.7 Å². The van der Waals surface area contributed by atoms with E-state index in [9.17, 15) is 19.5 Å². The Kier molecular flexibility index (Phi) is 15.5. The van der Waals surface area contributed by atoms with E-state index < -0.39 is 0 Å². The number of ether oxygens (including phenoxy) is 4. The summed E-state index contributed by atoms with van der Waals surface area (Å²) in [5.41, 5.74) is 3.54. The molecule has 3 aliphatic heterocycles. The number of carbonyl (C=O) groups is 3. The second kappa shape index (κ2) is 21.2. The van der Waals surface area contributed by atoms with Gasteiger partial charge >= 0.3 is 0 Å². The molecule has 7 rings (SSSR count). The Morgan fingerprint density at radius 2 is 1.81 bits per heavy atom. The number of carbonyl (C=O) groups excluding carboxylic acids is 3. The quantitative estimate of drug-likeness (QED) is 0.147. The summed E-state index contributed by atoms with van der Waals surface area (Å²) in [5.74, 6) is 0.773. The highest BCUT2D eigenvalue weighted by Crippen LogP contribution is 2.39. The second-order valence-corrected chi connectivity index (χ2v) is 17.4. The number of likely N-dealkylation sites (tertiary alicyclic amines) is 1. The average Bonchev–Trinajstić information content (AvgIpc) is 3.26. The Morgan fingerprint density at radius 1 is 0.983 bits per heavy atom. The monoisotopic (exact) mass is 817 g/mol. The van der Waals surface area contributed by atoms with Gasteiger partial charge in [-0.25, -0.2) is 0 Å². The summed E-state index contributed by atoms with van der Waals surface area (Å²) < 4.78 is 23.7. The third kappa shape index (κ3) is 11.8. The van der Waals surface area contributed by atoms with Gasteiger partial charge in [0.2, 0.25) is 11.8 Å². The number of nitrogens with one attached hydrogen (secondary N) is 2. The minimum Gasteiger partial charge on any atom is -0.506 e. The number of morpholine rings is 1. The molecule has 0 radical (unpaired) electrons. The van der Waals surface area contributed by atoms with Crippen LogP contribution in [0, 0.1) is 5.92 Å². The van der Waals surface area contributed by atoms with E-state index in [1.54, 1.807) is 13.2 Å². The Morgan fingerprint density at radius 3 is 2.64 bits per heavy atom. The van der Waals surface area contributed by atoms with Crippen LogP contribution < -0.4 is 15.4 Å². The fraction of sp³-hybridized carbons (Fsp3) is 0.674. The molecule has 5 aliphatic rings. The predicted octanol–water partition coefficient (Wildman–Crippen LogP) is 5.06. The molecule has 3 amide bonds. The molecule has 3 heterocycles. The molecule has 0 bridgehead atoms. The van der Waals surface area contributed by atoms with Crippen LogP contribution >= 0.6 is 0 Å². The van der Waals surface area contributed by atoms with Crippen LogP contribution in [-0.4, -0.2) is 135 Å². The summed E-state index contributed by atoms with van der Waals surface area (Å²) in [6.07, 6.45) is 13.5. The molecule has 2 saturated carbocycles. The Hall–Kier alpha value is -3.75. The lowest BCUT2D eigenvalue weighted by Crippen LogP contribution is -2.58. The molecule has 2 unspecified atom stereocenters. The van der Waals surface area contributed by atoms with Gasteiger partial charge < -0.3 is 44.5 Å². The van der Waals surface area contributed by atoms with Crippen molar-refractivity contribution in [3.8, 4) is 11.5 Å². The lowest BCUT2D eigenvalue weighted by atomic mass is 9.84. The number of methoxy groups -OCH3 is 1. The predicted molar refractivity (Wildman–Crippen MR) is 226 cm³/mol. The topological polar surface area (TPSA) is 142 Å². The van der Waals surface area contributed by atoms with Crippen LogP contribution in [0.3, 0.4) is 0 Å². The van der Waals surface area contributed by atoms with Gasteiger partial charge in [0.25, 0.3) is 5.91 Å². The van der Waals surface area contributed by atoms with Gasteiger partial charge in [-0.3, -0.25) is 19.3 Å². The summed E-state index contributed by atoms with van der Waals surface area (Å²) in [5, 5.41) is 16.3. The number of hydrogen-bond acceptors (Lipinski definition) is 10. The lowest BCUT2D eigenvalue weighted by molar-refractivity contribution is -0.164. The maximum atomic E-state index is 13.6. The molecule has 13 nitrogen and oxygen atoms in total. The zero-order chi connectivity index (χ0) is 41.0. The third-order valence-corrected chi connectivity index (χ3v) is 13.3. The number of aromatic hydroxyl groups is 1. The first kappa shape index (κ1) is 43.3. The van der Waals surface area contributed by atoms with Gasteiger partial charge in [0.05, 0.1) is 37.9 Å². The van der Waals surface area contributed by atoms with Crippen LogP contribution in [0.15, 0.2) is 36.4 Å². The van der Waals surface area contributed by atoms with Gasteiger partial charge in [-0.05, 0) is 87.1 Å². The molecule has 2 aromatic rings. The molecule has 0 aromatic heterocycles. The molecule has 4 fully saturated rings. The molecule has 2 aliphatic carbocycles. The number of hydrogen-bond donors (Lipinski definition) is 3. The number of phenols is 1. The number of piperidine rings is 1. The number of benzene rings is 2. The maximum Gasteiger partial charge on any atom is 0.262 e. The summed E-state index contributed by atoms with van der Waals surface area (Å²) in [7, 11) is 1.76. The smallest absolute Gasteiger partial charge is 0.262 e. The van der Waals surface area contributed by atoms with E-state index in [2.05, 4.69) is 49.6 Å². The molecule has 3 N–H and O–H groups in total. The number of anilines is 1. The van der Waals surface area contributed by atoms with E-state index in [1.807, 2.05) is 6.07 Å². The zero-order valence-electron chi connectivity index (χ0n) is 35.2. The van der Waals surface area contributed by atoms with E-state index in [4.69, 9.17) is 18.9 Å². The summed E-state index contributed by atoms with van der Waals surface area (Å²) in [6, 6.07) is 12.5. The van der Waals surface area contributed by atoms with Crippen molar-refractivity contribution in [1.82, 2.24) is 20.0 Å². The zero-order valence-corrected chi connectivity index (χ0v) is 35.2. The summed E-state index contributed by atoms with van der Waals surface area (Å²) in [6.45, 7) is 7.73. The fourth-order valence-electron chi connectivity index (χ4n) is 9.89. The average molecular weight is 818 g/mol. The van der Waals surface area contributed by atoms with Crippen molar-refractivity contribution in [3.05, 3.63) is 53.1 Å². The highest BCUT2D eigenvalue weighted by atomic mass is 16.5. The number of amides is 3. The molecule has 2 aromatic carbocycles. The van der Waals surface area contributed by atoms with Crippen molar-refractivity contribution < 1.29 is 38.4 Å². The van der Waals surface area contributed by atoms with E-state index in [-0.39, 0.29) is 47.8 Å². The van der Waals surface area contributed by atoms with Crippen molar-refractivity contribution in [2.24, 2.45) is 5.92 Å². The Labute approximate surface area is 350 Å². The Bertz CT molecular complexity index is 1710. The first-order chi connectivity index (χ1) is 28.8. The largest absolute Gasteiger partial charge is 0.506 e. The molecule has 2 atom stereocenters. The minimum absolute atomic E-state index is 0.00251. The first-order valence-electron chi connectivity index (χ1n) is 22.4. The van der Waals surface area contributed by atoms with E-state index in [0.29, 0.717) is 82.7 Å². The lowest BCUT2D eigenvalue weighted by Gasteiger charge is -2.48. The number of nitrogens with zero attached hydrogens (tertiary/aromatic N) is 3. The molecular formula is C46H67N5O8. The van der Waals surface area contributed by atoms with Crippen LogP contribution in [0.1, 0.15) is 93.7 Å². The van der Waals surface area contributed by atoms with Crippen LogP contribution in [-0.2, 0) is 48.0 Å². The molecular weight excluding hydrogens is 751 g/mol. The summed E-state index contributed by atoms with van der Waals surface area (Å²) in [4.78, 5) is 45.5. The second-order valence-electron chi connectivity index (χ2n) is 17.4. The van der Waals surface area contributed by atoms with Crippen molar-refractivity contribution in [2.45, 2.75) is 114 Å². The van der Waals surface area contributed by atoms with Crippen molar-refractivity contribution in [1.29, 1.82) is 0 Å². The SMILES string of the molecule is COC1CCCC(C(=O)N2CCOC3(CCN(Cc4cccc(CCOCCC(=O)N(CCNCCc5ccc(O)c6c5OCC(=O)N6)C5CCCCC5)c4)CC3)C2)C1. The van der Waals surface area contributed by atoms with Crippen molar-refractivity contribution >= 4 is 23.4 Å². The fourth-order valence-corrected chi connectivity index (χ4v) is 9.89. The molecule has 2 saturated heterocycles. The third-order valence-electron chi connectivity index (χ3n) is 13.3. The van der Waals surface area contributed by atoms with Crippen LogP contribution in [0.2, 0.25) is 0 Å². The van der Waals surface area contributed by atoms with Gasteiger partial charge in [0, 0.05) is 64.9 Å². The first-order valence-corrected chi connectivity index (χ1v) is 22.4.